The van der Waals surface area contributed by atoms with Crippen LogP contribution in [0.5, 0.6) is 0 Å². The van der Waals surface area contributed by atoms with Crippen molar-refractivity contribution in [2.45, 2.75) is 38.5 Å². The molecule has 0 bridgehead atoms. The van der Waals surface area contributed by atoms with Gasteiger partial charge >= 0.3 is 5.97 Å². The van der Waals surface area contributed by atoms with Gasteiger partial charge in [0.25, 0.3) is 0 Å². The van der Waals surface area contributed by atoms with Crippen LogP contribution in [0.2, 0.25) is 0 Å². The minimum absolute atomic E-state index is 0.0204. The van der Waals surface area contributed by atoms with Crippen molar-refractivity contribution in [3.8, 4) is 0 Å². The van der Waals surface area contributed by atoms with Crippen LogP contribution in [-0.2, 0) is 17.6 Å². The van der Waals surface area contributed by atoms with E-state index in [9.17, 15) is 9.18 Å². The van der Waals surface area contributed by atoms with Gasteiger partial charge in [0.15, 0.2) is 0 Å². The monoisotopic (exact) mass is 280 g/mol. The maximum absolute atomic E-state index is 13.5. The first kappa shape index (κ1) is 15.0. The fourth-order valence-corrected chi connectivity index (χ4v) is 3.06. The van der Waals surface area contributed by atoms with Gasteiger partial charge in [-0.1, -0.05) is 6.07 Å². The first-order valence-electron chi connectivity index (χ1n) is 7.20. The highest BCUT2D eigenvalue weighted by atomic mass is 19.1. The number of hydrogen-bond acceptors (Lipinski definition) is 2. The third kappa shape index (κ3) is 4.04. The number of halogens is 1. The fourth-order valence-electron chi connectivity index (χ4n) is 3.06. The molecule has 1 saturated carbocycles. The summed E-state index contributed by atoms with van der Waals surface area (Å²) >= 11 is 0. The first-order chi connectivity index (χ1) is 9.58. The molecule has 1 fully saturated rings. The van der Waals surface area contributed by atoms with E-state index in [1.54, 1.807) is 6.07 Å². The van der Waals surface area contributed by atoms with E-state index in [0.29, 0.717) is 12.3 Å². The smallest absolute Gasteiger partial charge is 0.306 e. The first-order valence-corrected chi connectivity index (χ1v) is 7.20. The molecule has 2 rings (SSSR count). The zero-order valence-corrected chi connectivity index (χ0v) is 11.5. The molecule has 2 N–H and O–H groups in total. The lowest BCUT2D eigenvalue weighted by Crippen LogP contribution is -2.22. The van der Waals surface area contributed by atoms with Crippen molar-refractivity contribution in [2.24, 2.45) is 11.8 Å². The fraction of sp³-hybridized carbons (Fsp3) is 0.562. The van der Waals surface area contributed by atoms with Crippen LogP contribution in [0.4, 0.5) is 4.39 Å². The minimum atomic E-state index is -0.695. The molecule has 4 heteroatoms. The highest BCUT2D eigenvalue weighted by molar-refractivity contribution is 5.69. The number of aliphatic hydroxyl groups excluding tert-OH is 1. The van der Waals surface area contributed by atoms with Gasteiger partial charge < -0.3 is 10.2 Å². The molecule has 0 amide bonds. The van der Waals surface area contributed by atoms with Gasteiger partial charge in [-0.15, -0.1) is 0 Å². The van der Waals surface area contributed by atoms with Gasteiger partial charge in [-0.05, 0) is 67.7 Å². The summed E-state index contributed by atoms with van der Waals surface area (Å²) in [6.07, 6.45) is 4.49. The summed E-state index contributed by atoms with van der Waals surface area (Å²) in [7, 11) is 0. The lowest BCUT2D eigenvalue weighted by atomic mass is 9.79. The lowest BCUT2D eigenvalue weighted by Gasteiger charge is -2.26. The van der Waals surface area contributed by atoms with Crippen LogP contribution >= 0.6 is 0 Å². The number of aliphatic carboxylic acids is 1. The number of carbonyl (C=O) groups is 1. The molecule has 20 heavy (non-hydrogen) atoms. The maximum Gasteiger partial charge on any atom is 0.306 e. The Morgan fingerprint density at radius 1 is 1.15 bits per heavy atom. The number of carboxylic acids is 1. The van der Waals surface area contributed by atoms with E-state index in [0.717, 1.165) is 43.2 Å². The van der Waals surface area contributed by atoms with Crippen LogP contribution in [0.15, 0.2) is 18.2 Å². The molecule has 0 aromatic heterocycles. The number of rotatable bonds is 5. The molecular formula is C16H21FO3. The highest BCUT2D eigenvalue weighted by Gasteiger charge is 2.25. The highest BCUT2D eigenvalue weighted by Crippen LogP contribution is 2.31. The third-order valence-electron chi connectivity index (χ3n) is 4.14. The topological polar surface area (TPSA) is 57.5 Å². The summed E-state index contributed by atoms with van der Waals surface area (Å²) in [6.45, 7) is 0.0204. The standard InChI is InChI=1S/C16H21FO3/c17-15-9-12(5-6-18)8-13(10-15)7-11-1-3-14(4-2-11)16(19)20/h8-11,14,18H,1-7H2,(H,19,20). The van der Waals surface area contributed by atoms with Gasteiger partial charge in [0, 0.05) is 6.61 Å². The summed E-state index contributed by atoms with van der Waals surface area (Å²) in [5.41, 5.74) is 1.77. The number of benzene rings is 1. The predicted molar refractivity (Wildman–Crippen MR) is 74.0 cm³/mol. The second kappa shape index (κ2) is 6.84. The van der Waals surface area contributed by atoms with E-state index in [4.69, 9.17) is 10.2 Å². The van der Waals surface area contributed by atoms with Gasteiger partial charge in [-0.25, -0.2) is 4.39 Å². The van der Waals surface area contributed by atoms with Crippen molar-refractivity contribution in [2.75, 3.05) is 6.61 Å². The molecule has 0 radical (unpaired) electrons. The van der Waals surface area contributed by atoms with Gasteiger partial charge in [-0.3, -0.25) is 4.79 Å². The van der Waals surface area contributed by atoms with Crippen molar-refractivity contribution < 1.29 is 19.4 Å². The Balaban J connectivity index is 1.95. The lowest BCUT2D eigenvalue weighted by molar-refractivity contribution is -0.143. The summed E-state index contributed by atoms with van der Waals surface area (Å²) in [5, 5.41) is 17.9. The van der Waals surface area contributed by atoms with Crippen molar-refractivity contribution in [1.82, 2.24) is 0 Å². The zero-order chi connectivity index (χ0) is 14.5. The molecule has 0 aliphatic heterocycles. The molecule has 110 valence electrons. The largest absolute Gasteiger partial charge is 0.481 e. The number of carboxylic acid groups (broad SMARTS) is 1. The number of hydrogen-bond donors (Lipinski definition) is 2. The van der Waals surface area contributed by atoms with Crippen molar-refractivity contribution in [1.29, 1.82) is 0 Å². The Labute approximate surface area is 118 Å². The van der Waals surface area contributed by atoms with Gasteiger partial charge in [-0.2, -0.15) is 0 Å². The Hall–Kier alpha value is -1.42. The third-order valence-corrected chi connectivity index (χ3v) is 4.14. The SMILES string of the molecule is O=C(O)C1CCC(Cc2cc(F)cc(CCO)c2)CC1. The maximum atomic E-state index is 13.5. The second-order valence-electron chi connectivity index (χ2n) is 5.70. The average Bonchev–Trinajstić information content (AvgIpc) is 2.39. The molecule has 0 atom stereocenters. The molecule has 0 heterocycles. The van der Waals surface area contributed by atoms with Gasteiger partial charge in [0.1, 0.15) is 5.82 Å². The molecule has 0 unspecified atom stereocenters. The summed E-state index contributed by atoms with van der Waals surface area (Å²) in [5.74, 6) is -0.720. The Bertz CT molecular complexity index is 465. The van der Waals surface area contributed by atoms with Gasteiger partial charge in [0.2, 0.25) is 0 Å². The van der Waals surface area contributed by atoms with E-state index in [1.165, 1.54) is 6.07 Å². The summed E-state index contributed by atoms with van der Waals surface area (Å²) in [6, 6.07) is 4.95. The number of aliphatic hydroxyl groups is 1. The van der Waals surface area contributed by atoms with Crippen LogP contribution in [0.1, 0.15) is 36.8 Å². The van der Waals surface area contributed by atoms with Crippen LogP contribution in [0.25, 0.3) is 0 Å². The molecular weight excluding hydrogens is 259 g/mol. The minimum Gasteiger partial charge on any atom is -0.481 e. The van der Waals surface area contributed by atoms with Crippen molar-refractivity contribution >= 4 is 5.97 Å². The van der Waals surface area contributed by atoms with E-state index in [2.05, 4.69) is 0 Å². The van der Waals surface area contributed by atoms with E-state index >= 15 is 0 Å². The summed E-state index contributed by atoms with van der Waals surface area (Å²) in [4.78, 5) is 10.9. The molecule has 1 aromatic carbocycles. The predicted octanol–water partition coefficient (Wildman–Crippen LogP) is 2.79. The molecule has 1 aliphatic carbocycles. The normalized spacial score (nSPS) is 22.7. The zero-order valence-electron chi connectivity index (χ0n) is 11.5. The molecule has 1 aliphatic rings. The van der Waals surface area contributed by atoms with E-state index in [1.807, 2.05) is 6.07 Å². The average molecular weight is 280 g/mol. The van der Waals surface area contributed by atoms with Crippen LogP contribution in [0.3, 0.4) is 0 Å². The second-order valence-corrected chi connectivity index (χ2v) is 5.70. The molecule has 3 nitrogen and oxygen atoms in total. The summed E-state index contributed by atoms with van der Waals surface area (Å²) < 4.78 is 13.5. The Morgan fingerprint density at radius 2 is 1.80 bits per heavy atom. The van der Waals surface area contributed by atoms with Crippen molar-refractivity contribution in [3.05, 3.63) is 35.1 Å². The molecule has 0 spiro atoms. The Kier molecular flexibility index (Phi) is 5.12. The molecule has 1 aromatic rings. The van der Waals surface area contributed by atoms with E-state index in [-0.39, 0.29) is 18.3 Å². The van der Waals surface area contributed by atoms with E-state index < -0.39 is 5.97 Å². The van der Waals surface area contributed by atoms with Crippen LogP contribution in [-0.4, -0.2) is 22.8 Å². The van der Waals surface area contributed by atoms with Crippen LogP contribution in [0, 0.1) is 17.7 Å². The Morgan fingerprint density at radius 3 is 2.40 bits per heavy atom. The van der Waals surface area contributed by atoms with Gasteiger partial charge in [0.05, 0.1) is 5.92 Å². The molecule has 0 saturated heterocycles. The van der Waals surface area contributed by atoms with Crippen LogP contribution < -0.4 is 0 Å². The van der Waals surface area contributed by atoms with Crippen molar-refractivity contribution in [3.63, 3.8) is 0 Å². The quantitative estimate of drug-likeness (QED) is 0.872.